The highest BCUT2D eigenvalue weighted by atomic mass is 19.1. The van der Waals surface area contributed by atoms with Gasteiger partial charge < -0.3 is 5.11 Å². The van der Waals surface area contributed by atoms with Crippen molar-refractivity contribution in [3.05, 3.63) is 0 Å². The van der Waals surface area contributed by atoms with E-state index in [0.29, 0.717) is 0 Å². The third-order valence-electron chi connectivity index (χ3n) is 0.328. The molecule has 1 N–H and O–H groups in total. The molecule has 0 saturated heterocycles. The monoisotopic (exact) mass is 92.0 g/mol. The Balaban J connectivity index is 3.26. The first-order chi connectivity index (χ1) is 2.64. The van der Waals surface area contributed by atoms with Crippen LogP contribution in [0.3, 0.4) is 0 Å². The van der Waals surface area contributed by atoms with Gasteiger partial charge in [-0.2, -0.15) is 4.39 Å². The first-order valence-electron chi connectivity index (χ1n) is 1.52. The fraction of sp³-hybridized carbons (Fsp3) is 0.667. The molecule has 0 aliphatic carbocycles. The number of aliphatic hydroxyl groups is 1. The van der Waals surface area contributed by atoms with Crippen molar-refractivity contribution in [2.45, 2.75) is 13.0 Å². The number of hydrogen-bond donors (Lipinski definition) is 1. The molecule has 0 bridgehead atoms. The summed E-state index contributed by atoms with van der Waals surface area (Å²) in [6.45, 7) is 1.07. The summed E-state index contributed by atoms with van der Waals surface area (Å²) >= 11 is 0. The number of halogens is 1. The maximum Gasteiger partial charge on any atom is 0.329 e. The second-order valence-corrected chi connectivity index (χ2v) is 0.980. The minimum atomic E-state index is -1.69. The zero-order valence-corrected chi connectivity index (χ0v) is 3.31. The fourth-order valence-electron chi connectivity index (χ4n) is 0. The van der Waals surface area contributed by atoms with E-state index < -0.39 is 12.1 Å². The Kier molecular flexibility index (Phi) is 1.73. The van der Waals surface area contributed by atoms with Crippen molar-refractivity contribution < 1.29 is 14.3 Å². The van der Waals surface area contributed by atoms with Crippen LogP contribution in [0.25, 0.3) is 0 Å². The van der Waals surface area contributed by atoms with E-state index >= 15 is 0 Å². The van der Waals surface area contributed by atoms with Gasteiger partial charge in [-0.05, 0) is 6.92 Å². The van der Waals surface area contributed by atoms with Gasteiger partial charge in [0.15, 0.2) is 0 Å². The van der Waals surface area contributed by atoms with Gasteiger partial charge in [-0.3, -0.25) is 4.79 Å². The van der Waals surface area contributed by atoms with Gasteiger partial charge in [-0.1, -0.05) is 0 Å². The minimum Gasteiger partial charge on any atom is -0.383 e. The average molecular weight is 92.1 g/mol. The summed E-state index contributed by atoms with van der Waals surface area (Å²) < 4.78 is 10.9. The van der Waals surface area contributed by atoms with Crippen LogP contribution in [0.5, 0.6) is 0 Å². The second-order valence-electron chi connectivity index (χ2n) is 0.980. The van der Waals surface area contributed by atoms with Crippen molar-refractivity contribution >= 4 is 6.04 Å². The van der Waals surface area contributed by atoms with Crippen LogP contribution in [0.15, 0.2) is 0 Å². The average Bonchev–Trinajstić information content (AvgIpc) is 1.36. The van der Waals surface area contributed by atoms with Crippen LogP contribution in [0, 0.1) is 0 Å². The number of hydrogen-bond acceptors (Lipinski definition) is 2. The Bertz CT molecular complexity index is 59.8. The second kappa shape index (κ2) is 1.87. The van der Waals surface area contributed by atoms with Crippen molar-refractivity contribution in [1.82, 2.24) is 0 Å². The maximum absolute atomic E-state index is 10.9. The normalized spacial score (nSPS) is 13.8. The number of aliphatic hydroxyl groups excluding tert-OH is 1. The topological polar surface area (TPSA) is 37.3 Å². The smallest absolute Gasteiger partial charge is 0.329 e. The highest BCUT2D eigenvalue weighted by molar-refractivity contribution is 5.72. The lowest BCUT2D eigenvalue weighted by atomic mass is 10.5. The highest BCUT2D eigenvalue weighted by Crippen LogP contribution is 1.80. The van der Waals surface area contributed by atoms with E-state index in [9.17, 15) is 9.18 Å². The van der Waals surface area contributed by atoms with E-state index in [1.807, 2.05) is 0 Å². The van der Waals surface area contributed by atoms with Gasteiger partial charge in [0.25, 0.3) is 0 Å². The van der Waals surface area contributed by atoms with E-state index in [1.54, 1.807) is 0 Å². The van der Waals surface area contributed by atoms with Gasteiger partial charge in [0, 0.05) is 0 Å². The largest absolute Gasteiger partial charge is 0.383 e. The molecule has 0 heterocycles. The Hall–Kier alpha value is -0.440. The van der Waals surface area contributed by atoms with E-state index in [-0.39, 0.29) is 0 Å². The molecule has 0 aliphatic heterocycles. The van der Waals surface area contributed by atoms with Crippen LogP contribution in [0.4, 0.5) is 4.39 Å². The van der Waals surface area contributed by atoms with Gasteiger partial charge in [-0.15, -0.1) is 0 Å². The molecular formula is C3H5FO2. The quantitative estimate of drug-likeness (QED) is 0.457. The summed E-state index contributed by atoms with van der Waals surface area (Å²) in [5, 5.41) is 7.91. The van der Waals surface area contributed by atoms with Crippen LogP contribution < -0.4 is 0 Å². The van der Waals surface area contributed by atoms with Crippen LogP contribution in [-0.2, 0) is 4.79 Å². The van der Waals surface area contributed by atoms with Crippen LogP contribution in [-0.4, -0.2) is 17.2 Å². The molecule has 3 heteroatoms. The van der Waals surface area contributed by atoms with Gasteiger partial charge in [0.2, 0.25) is 0 Å². The Morgan fingerprint density at radius 2 is 2.17 bits per heavy atom. The van der Waals surface area contributed by atoms with Crippen LogP contribution in [0.1, 0.15) is 6.92 Å². The van der Waals surface area contributed by atoms with Crippen molar-refractivity contribution in [3.8, 4) is 0 Å². The minimum absolute atomic E-state index is 1.07. The van der Waals surface area contributed by atoms with Crippen molar-refractivity contribution in [2.75, 3.05) is 0 Å². The number of rotatable bonds is 1. The number of carbonyl (C=O) groups excluding carboxylic acids is 1. The molecule has 0 aromatic carbocycles. The lowest BCUT2D eigenvalue weighted by Gasteiger charge is -1.86. The lowest BCUT2D eigenvalue weighted by Crippen LogP contribution is -2.08. The van der Waals surface area contributed by atoms with E-state index in [4.69, 9.17) is 5.11 Å². The molecule has 1 atom stereocenters. The van der Waals surface area contributed by atoms with Crippen LogP contribution >= 0.6 is 0 Å². The van der Waals surface area contributed by atoms with E-state index in [1.165, 1.54) is 0 Å². The van der Waals surface area contributed by atoms with Gasteiger partial charge in [-0.25, -0.2) is 0 Å². The zero-order chi connectivity index (χ0) is 5.15. The van der Waals surface area contributed by atoms with Gasteiger partial charge in [0.1, 0.15) is 6.10 Å². The Morgan fingerprint density at radius 3 is 2.17 bits per heavy atom. The predicted octanol–water partition coefficient (Wildman–Crippen LogP) is -0.137. The van der Waals surface area contributed by atoms with Crippen LogP contribution in [0.2, 0.25) is 0 Å². The molecule has 0 aliphatic rings. The summed E-state index contributed by atoms with van der Waals surface area (Å²) in [4.78, 5) is 9.23. The molecule has 0 amide bonds. The molecule has 0 spiro atoms. The molecule has 2 nitrogen and oxygen atoms in total. The van der Waals surface area contributed by atoms with Gasteiger partial charge >= 0.3 is 6.04 Å². The lowest BCUT2D eigenvalue weighted by molar-refractivity contribution is -0.137. The first kappa shape index (κ1) is 5.56. The Morgan fingerprint density at radius 1 is 2.00 bits per heavy atom. The van der Waals surface area contributed by atoms with Crippen molar-refractivity contribution in [1.29, 1.82) is 0 Å². The predicted molar refractivity (Wildman–Crippen MR) is 17.8 cm³/mol. The summed E-state index contributed by atoms with van der Waals surface area (Å²) in [5.74, 6) is 0. The van der Waals surface area contributed by atoms with Crippen molar-refractivity contribution in [3.63, 3.8) is 0 Å². The SMILES string of the molecule is CC(O)C(=O)F. The molecule has 0 aromatic rings. The molecule has 0 saturated carbocycles. The first-order valence-corrected chi connectivity index (χ1v) is 1.52. The molecule has 0 radical (unpaired) electrons. The summed E-state index contributed by atoms with van der Waals surface area (Å²) in [5.41, 5.74) is 0. The standard InChI is InChI=1S/C3H5FO2/c1-2(5)3(4)6/h2,5H,1H3. The van der Waals surface area contributed by atoms with E-state index in [0.717, 1.165) is 6.92 Å². The molecule has 36 valence electrons. The summed E-state index contributed by atoms with van der Waals surface area (Å²) in [7, 11) is 0. The summed E-state index contributed by atoms with van der Waals surface area (Å²) in [6, 6.07) is -1.69. The molecular weight excluding hydrogens is 87.0 g/mol. The molecule has 0 rings (SSSR count). The maximum atomic E-state index is 10.9. The fourth-order valence-corrected chi connectivity index (χ4v) is 0. The highest BCUT2D eigenvalue weighted by Gasteiger charge is 2.03. The molecule has 6 heavy (non-hydrogen) atoms. The summed E-state index contributed by atoms with van der Waals surface area (Å²) in [6.07, 6.45) is -1.45. The van der Waals surface area contributed by atoms with E-state index in [2.05, 4.69) is 0 Å². The Labute approximate surface area is 34.6 Å². The molecule has 0 fully saturated rings. The van der Waals surface area contributed by atoms with Gasteiger partial charge in [0.05, 0.1) is 0 Å². The molecule has 1 unspecified atom stereocenters. The van der Waals surface area contributed by atoms with Crippen molar-refractivity contribution in [2.24, 2.45) is 0 Å². The third-order valence-corrected chi connectivity index (χ3v) is 0.328. The number of carbonyl (C=O) groups is 1. The zero-order valence-electron chi connectivity index (χ0n) is 3.31. The molecule has 0 aromatic heterocycles. The third kappa shape index (κ3) is 1.84.